The maximum atomic E-state index is 12.2. The monoisotopic (exact) mass is 394 g/mol. The second kappa shape index (κ2) is 8.68. The van der Waals surface area contributed by atoms with Crippen molar-refractivity contribution in [2.75, 3.05) is 17.7 Å². The lowest BCUT2D eigenvalue weighted by atomic mass is 10.1. The van der Waals surface area contributed by atoms with Crippen LogP contribution in [0.25, 0.3) is 0 Å². The van der Waals surface area contributed by atoms with Gasteiger partial charge in [-0.05, 0) is 38.3 Å². The highest BCUT2D eigenvalue weighted by Crippen LogP contribution is 2.32. The summed E-state index contributed by atoms with van der Waals surface area (Å²) in [5, 5.41) is 11.2. The van der Waals surface area contributed by atoms with E-state index in [-0.39, 0.29) is 17.6 Å². The van der Waals surface area contributed by atoms with Crippen molar-refractivity contribution in [3.05, 3.63) is 22.3 Å². The van der Waals surface area contributed by atoms with Gasteiger partial charge in [0.25, 0.3) is 0 Å². The van der Waals surface area contributed by atoms with Gasteiger partial charge in [0.05, 0.1) is 17.4 Å². The van der Waals surface area contributed by atoms with E-state index in [1.54, 1.807) is 13.0 Å². The molecule has 3 rings (SSSR count). The Morgan fingerprint density at radius 2 is 2.19 bits per heavy atom. The minimum Gasteiger partial charge on any atom is -0.462 e. The van der Waals surface area contributed by atoms with Gasteiger partial charge in [0.2, 0.25) is 11.1 Å². The maximum Gasteiger partial charge on any atom is 0.348 e. The van der Waals surface area contributed by atoms with Gasteiger partial charge in [-0.2, -0.15) is 0 Å². The second-order valence-electron chi connectivity index (χ2n) is 6.16. The molecule has 0 spiro atoms. The zero-order valence-electron chi connectivity index (χ0n) is 14.8. The quantitative estimate of drug-likeness (QED) is 0.548. The standard InChI is InChI=1S/C17H22N4O3S2/c1-3-24-16(23)14-10(2)8-13(26-14)18-12(22)9-25-17-19-15(20-21-17)11-6-4-5-7-11/h8,11H,3-7,9H2,1-2H3,(H,18,22)(H,19,20,21). The van der Waals surface area contributed by atoms with Gasteiger partial charge in [0, 0.05) is 5.92 Å². The Morgan fingerprint density at radius 3 is 2.92 bits per heavy atom. The molecule has 0 unspecified atom stereocenters. The molecule has 0 atom stereocenters. The Hall–Kier alpha value is -1.87. The van der Waals surface area contributed by atoms with Crippen molar-refractivity contribution in [1.29, 1.82) is 0 Å². The van der Waals surface area contributed by atoms with Crippen LogP contribution in [0.5, 0.6) is 0 Å². The van der Waals surface area contributed by atoms with Gasteiger partial charge in [0.15, 0.2) is 0 Å². The van der Waals surface area contributed by atoms with E-state index in [9.17, 15) is 9.59 Å². The number of hydrogen-bond donors (Lipinski definition) is 2. The number of thioether (sulfide) groups is 1. The van der Waals surface area contributed by atoms with Crippen molar-refractivity contribution >= 4 is 40.0 Å². The van der Waals surface area contributed by atoms with Crippen LogP contribution >= 0.6 is 23.1 Å². The van der Waals surface area contributed by atoms with Crippen LogP contribution in [0.1, 0.15) is 59.6 Å². The minimum atomic E-state index is -0.356. The molecule has 0 saturated heterocycles. The maximum absolute atomic E-state index is 12.2. The highest BCUT2D eigenvalue weighted by molar-refractivity contribution is 7.99. The lowest BCUT2D eigenvalue weighted by Crippen LogP contribution is -2.13. The molecule has 0 bridgehead atoms. The first-order valence-electron chi connectivity index (χ1n) is 8.69. The molecule has 140 valence electrons. The average Bonchev–Trinajstić information content (AvgIpc) is 3.33. The first-order valence-corrected chi connectivity index (χ1v) is 10.5. The fraction of sp³-hybridized carbons (Fsp3) is 0.529. The lowest BCUT2D eigenvalue weighted by molar-refractivity contribution is -0.113. The number of hydrogen-bond acceptors (Lipinski definition) is 7. The number of H-pyrrole nitrogens is 1. The average molecular weight is 395 g/mol. The number of carbonyl (C=O) groups excluding carboxylic acids is 2. The van der Waals surface area contributed by atoms with E-state index in [1.807, 2.05) is 6.92 Å². The molecule has 1 aliphatic rings. The van der Waals surface area contributed by atoms with Crippen molar-refractivity contribution in [3.8, 4) is 0 Å². The number of rotatable bonds is 7. The van der Waals surface area contributed by atoms with E-state index in [0.717, 1.165) is 24.2 Å². The molecular weight excluding hydrogens is 372 g/mol. The number of thiophene rings is 1. The van der Waals surface area contributed by atoms with Gasteiger partial charge in [-0.15, -0.1) is 16.4 Å². The van der Waals surface area contributed by atoms with Crippen molar-refractivity contribution < 1.29 is 14.3 Å². The fourth-order valence-electron chi connectivity index (χ4n) is 2.95. The van der Waals surface area contributed by atoms with Crippen LogP contribution in [-0.2, 0) is 9.53 Å². The summed E-state index contributed by atoms with van der Waals surface area (Å²) in [6, 6.07) is 1.78. The minimum absolute atomic E-state index is 0.154. The zero-order chi connectivity index (χ0) is 18.5. The van der Waals surface area contributed by atoms with E-state index in [1.165, 1.54) is 35.9 Å². The molecule has 2 aromatic heterocycles. The van der Waals surface area contributed by atoms with Crippen LogP contribution in [0.2, 0.25) is 0 Å². The normalized spacial score (nSPS) is 14.5. The lowest BCUT2D eigenvalue weighted by Gasteiger charge is -2.02. The summed E-state index contributed by atoms with van der Waals surface area (Å²) in [5.41, 5.74) is 0.798. The molecule has 2 heterocycles. The van der Waals surface area contributed by atoms with Gasteiger partial charge in [-0.25, -0.2) is 9.78 Å². The van der Waals surface area contributed by atoms with Crippen LogP contribution < -0.4 is 5.32 Å². The number of anilines is 1. The first kappa shape index (κ1) is 18.9. The Labute approximate surface area is 160 Å². The summed E-state index contributed by atoms with van der Waals surface area (Å²) in [5.74, 6) is 1.11. The number of carbonyl (C=O) groups is 2. The molecule has 1 fully saturated rings. The summed E-state index contributed by atoms with van der Waals surface area (Å²) in [4.78, 5) is 29.0. The van der Waals surface area contributed by atoms with E-state index < -0.39 is 0 Å². The first-order chi connectivity index (χ1) is 12.6. The van der Waals surface area contributed by atoms with Crippen LogP contribution in [0, 0.1) is 6.92 Å². The van der Waals surface area contributed by atoms with Crippen LogP contribution in [0.3, 0.4) is 0 Å². The molecule has 2 aromatic rings. The molecular formula is C17H22N4O3S2. The molecule has 0 aliphatic heterocycles. The molecule has 0 aromatic carbocycles. The zero-order valence-corrected chi connectivity index (χ0v) is 16.5. The topological polar surface area (TPSA) is 97.0 Å². The van der Waals surface area contributed by atoms with Crippen molar-refractivity contribution in [1.82, 2.24) is 15.2 Å². The number of amides is 1. The number of esters is 1. The van der Waals surface area contributed by atoms with Gasteiger partial charge in [-0.3, -0.25) is 9.89 Å². The van der Waals surface area contributed by atoms with Crippen LogP contribution in [0.15, 0.2) is 11.2 Å². The van der Waals surface area contributed by atoms with E-state index in [4.69, 9.17) is 4.74 Å². The fourth-order valence-corrected chi connectivity index (χ4v) is 4.54. The van der Waals surface area contributed by atoms with Crippen molar-refractivity contribution in [2.45, 2.75) is 50.6 Å². The van der Waals surface area contributed by atoms with E-state index in [0.29, 0.717) is 27.6 Å². The Balaban J connectivity index is 1.51. The summed E-state index contributed by atoms with van der Waals surface area (Å²) in [6.45, 7) is 3.92. The largest absolute Gasteiger partial charge is 0.462 e. The molecule has 7 nitrogen and oxygen atoms in total. The number of aromatic nitrogens is 3. The molecule has 1 amide bonds. The number of aryl methyl sites for hydroxylation is 1. The third-order valence-corrected chi connectivity index (χ3v) is 6.18. The van der Waals surface area contributed by atoms with Gasteiger partial charge in [0.1, 0.15) is 10.7 Å². The van der Waals surface area contributed by atoms with Crippen LogP contribution in [0.4, 0.5) is 5.00 Å². The number of nitrogens with zero attached hydrogens (tertiary/aromatic N) is 2. The highest BCUT2D eigenvalue weighted by atomic mass is 32.2. The van der Waals surface area contributed by atoms with E-state index in [2.05, 4.69) is 20.5 Å². The molecule has 2 N–H and O–H groups in total. The smallest absolute Gasteiger partial charge is 0.348 e. The predicted octanol–water partition coefficient (Wildman–Crippen LogP) is 3.74. The molecule has 1 aliphatic carbocycles. The van der Waals surface area contributed by atoms with Crippen molar-refractivity contribution in [3.63, 3.8) is 0 Å². The number of aromatic amines is 1. The summed E-state index contributed by atoms with van der Waals surface area (Å²) >= 11 is 2.53. The van der Waals surface area contributed by atoms with Gasteiger partial charge < -0.3 is 10.1 Å². The summed E-state index contributed by atoms with van der Waals surface area (Å²) in [7, 11) is 0. The SMILES string of the molecule is CCOC(=O)c1sc(NC(=O)CSc2n[nH]c(C3CCCC3)n2)cc1C. The second-order valence-corrected chi connectivity index (χ2v) is 8.16. The third kappa shape index (κ3) is 4.64. The Bertz CT molecular complexity index is 781. The Kier molecular flexibility index (Phi) is 6.31. The van der Waals surface area contributed by atoms with E-state index >= 15 is 0 Å². The number of nitrogens with one attached hydrogen (secondary N) is 2. The summed E-state index contributed by atoms with van der Waals surface area (Å²) in [6.07, 6.45) is 4.79. The molecule has 0 radical (unpaired) electrons. The predicted molar refractivity (Wildman–Crippen MR) is 102 cm³/mol. The Morgan fingerprint density at radius 1 is 1.42 bits per heavy atom. The molecule has 26 heavy (non-hydrogen) atoms. The van der Waals surface area contributed by atoms with Crippen LogP contribution in [-0.4, -0.2) is 39.4 Å². The summed E-state index contributed by atoms with van der Waals surface area (Å²) < 4.78 is 5.01. The molecule has 1 saturated carbocycles. The number of ether oxygens (including phenoxy) is 1. The van der Waals surface area contributed by atoms with Gasteiger partial charge in [-0.1, -0.05) is 24.6 Å². The highest BCUT2D eigenvalue weighted by Gasteiger charge is 2.21. The molecule has 9 heteroatoms. The van der Waals surface area contributed by atoms with Gasteiger partial charge >= 0.3 is 5.97 Å². The van der Waals surface area contributed by atoms with Crippen molar-refractivity contribution in [2.24, 2.45) is 0 Å². The third-order valence-electron chi connectivity index (χ3n) is 4.20.